The van der Waals surface area contributed by atoms with E-state index in [0.29, 0.717) is 5.92 Å². The lowest BCUT2D eigenvalue weighted by Crippen LogP contribution is -2.48. The Morgan fingerprint density at radius 2 is 1.70 bits per heavy atom. The maximum absolute atomic E-state index is 13.3. The van der Waals surface area contributed by atoms with Crippen molar-refractivity contribution in [2.45, 2.75) is 18.8 Å². The summed E-state index contributed by atoms with van der Waals surface area (Å²) in [6.45, 7) is 3.15. The zero-order valence-electron chi connectivity index (χ0n) is 15.2. The first-order valence-electron chi connectivity index (χ1n) is 9.63. The number of carbonyl (C=O) groups excluding carboxylic acids is 1. The van der Waals surface area contributed by atoms with E-state index in [2.05, 4.69) is 9.88 Å². The molecule has 0 radical (unpaired) electrons. The van der Waals surface area contributed by atoms with E-state index in [1.54, 1.807) is 0 Å². The highest BCUT2D eigenvalue weighted by atomic mass is 16.2. The number of carbonyl (C=O) groups is 1. The molecule has 5 rings (SSSR count). The van der Waals surface area contributed by atoms with Gasteiger partial charge in [0, 0.05) is 61.3 Å². The molecule has 0 N–H and O–H groups in total. The van der Waals surface area contributed by atoms with Crippen LogP contribution in [0.2, 0.25) is 0 Å². The number of rotatable bonds is 3. The van der Waals surface area contributed by atoms with Crippen LogP contribution in [-0.2, 0) is 0 Å². The van der Waals surface area contributed by atoms with Gasteiger partial charge in [0.25, 0.3) is 5.91 Å². The quantitative estimate of drug-likeness (QED) is 0.719. The van der Waals surface area contributed by atoms with E-state index in [4.69, 9.17) is 4.98 Å². The third-order valence-corrected chi connectivity index (χ3v) is 5.56. The van der Waals surface area contributed by atoms with Crippen LogP contribution in [0.1, 0.15) is 34.8 Å². The average molecular weight is 358 g/mol. The molecule has 0 bridgehead atoms. The lowest BCUT2D eigenvalue weighted by Gasteiger charge is -2.36. The van der Waals surface area contributed by atoms with Crippen molar-refractivity contribution in [2.24, 2.45) is 0 Å². The van der Waals surface area contributed by atoms with E-state index in [0.717, 1.165) is 48.3 Å². The van der Waals surface area contributed by atoms with Crippen LogP contribution in [0.3, 0.4) is 0 Å². The second kappa shape index (κ2) is 6.65. The lowest BCUT2D eigenvalue weighted by atomic mass is 10.0. The molecule has 1 aromatic carbocycles. The van der Waals surface area contributed by atoms with E-state index >= 15 is 0 Å². The number of piperazine rings is 1. The smallest absolute Gasteiger partial charge is 0.254 e. The van der Waals surface area contributed by atoms with Crippen LogP contribution in [0.5, 0.6) is 0 Å². The Hall–Kier alpha value is -2.95. The summed E-state index contributed by atoms with van der Waals surface area (Å²) in [5.41, 5.74) is 3.98. The molecule has 1 aliphatic heterocycles. The molecule has 1 saturated heterocycles. The number of fused-ring (bicyclic) bond motifs is 1. The maximum atomic E-state index is 13.3. The number of amides is 1. The van der Waals surface area contributed by atoms with Gasteiger partial charge >= 0.3 is 0 Å². The number of benzene rings is 1. The van der Waals surface area contributed by atoms with Crippen LogP contribution < -0.4 is 4.90 Å². The Labute approximate surface area is 158 Å². The normalized spacial score (nSPS) is 17.3. The molecule has 0 atom stereocenters. The summed E-state index contributed by atoms with van der Waals surface area (Å²) in [6, 6.07) is 14.1. The molecule has 0 spiro atoms. The minimum atomic E-state index is 0.130. The molecule has 2 aromatic heterocycles. The molecule has 136 valence electrons. The summed E-state index contributed by atoms with van der Waals surface area (Å²) in [4.78, 5) is 26.5. The Bertz CT molecular complexity index is 976. The molecule has 3 aromatic rings. The van der Waals surface area contributed by atoms with Gasteiger partial charge in [0.15, 0.2) is 0 Å². The lowest BCUT2D eigenvalue weighted by molar-refractivity contribution is 0.0748. The zero-order valence-corrected chi connectivity index (χ0v) is 15.2. The topological polar surface area (TPSA) is 49.3 Å². The fraction of sp³-hybridized carbons (Fsp3) is 0.318. The summed E-state index contributed by atoms with van der Waals surface area (Å²) in [5, 5.41) is 0.962. The summed E-state index contributed by atoms with van der Waals surface area (Å²) >= 11 is 0. The van der Waals surface area contributed by atoms with E-state index in [1.165, 1.54) is 18.5 Å². The van der Waals surface area contributed by atoms with Gasteiger partial charge in [-0.25, -0.2) is 0 Å². The van der Waals surface area contributed by atoms with Crippen molar-refractivity contribution < 1.29 is 4.79 Å². The summed E-state index contributed by atoms with van der Waals surface area (Å²) in [7, 11) is 0. The van der Waals surface area contributed by atoms with E-state index in [1.807, 2.05) is 59.8 Å². The summed E-state index contributed by atoms with van der Waals surface area (Å²) in [6.07, 6.45) is 6.00. The van der Waals surface area contributed by atoms with Gasteiger partial charge < -0.3 is 9.80 Å². The van der Waals surface area contributed by atoms with Gasteiger partial charge in [0.05, 0.1) is 11.1 Å². The molecule has 5 heteroatoms. The largest absolute Gasteiger partial charge is 0.368 e. The molecule has 0 unspecified atom stereocenters. The van der Waals surface area contributed by atoms with Crippen molar-refractivity contribution in [3.05, 3.63) is 66.1 Å². The fourth-order valence-electron chi connectivity index (χ4n) is 3.85. The van der Waals surface area contributed by atoms with Gasteiger partial charge in [-0.1, -0.05) is 18.2 Å². The number of aromatic nitrogens is 2. The Morgan fingerprint density at radius 3 is 2.44 bits per heavy atom. The van der Waals surface area contributed by atoms with Crippen molar-refractivity contribution in [1.29, 1.82) is 0 Å². The van der Waals surface area contributed by atoms with Crippen LogP contribution in [0.15, 0.2) is 54.9 Å². The Kier molecular flexibility index (Phi) is 4.00. The minimum Gasteiger partial charge on any atom is -0.368 e. The van der Waals surface area contributed by atoms with Crippen molar-refractivity contribution in [3.8, 4) is 0 Å². The number of anilines is 1. The second-order valence-electron chi connectivity index (χ2n) is 7.37. The first-order valence-corrected chi connectivity index (χ1v) is 9.63. The van der Waals surface area contributed by atoms with Crippen LogP contribution in [-0.4, -0.2) is 47.0 Å². The van der Waals surface area contributed by atoms with Gasteiger partial charge in [0.2, 0.25) is 0 Å². The molecule has 1 saturated carbocycles. The molecule has 27 heavy (non-hydrogen) atoms. The van der Waals surface area contributed by atoms with Crippen LogP contribution in [0.4, 0.5) is 5.69 Å². The van der Waals surface area contributed by atoms with Crippen molar-refractivity contribution in [3.63, 3.8) is 0 Å². The minimum absolute atomic E-state index is 0.130. The van der Waals surface area contributed by atoms with Crippen molar-refractivity contribution in [1.82, 2.24) is 14.9 Å². The van der Waals surface area contributed by atoms with Crippen molar-refractivity contribution >= 4 is 22.5 Å². The summed E-state index contributed by atoms with van der Waals surface area (Å²) < 4.78 is 0. The van der Waals surface area contributed by atoms with Gasteiger partial charge in [-0.2, -0.15) is 0 Å². The first kappa shape index (κ1) is 16.2. The van der Waals surface area contributed by atoms with E-state index < -0.39 is 0 Å². The second-order valence-corrected chi connectivity index (χ2v) is 7.37. The molecule has 2 aliphatic rings. The van der Waals surface area contributed by atoms with Gasteiger partial charge in [-0.15, -0.1) is 0 Å². The number of para-hydroxylation sites is 1. The number of nitrogens with zero attached hydrogens (tertiary/aromatic N) is 4. The number of hydrogen-bond donors (Lipinski definition) is 0. The Morgan fingerprint density at radius 1 is 0.963 bits per heavy atom. The average Bonchev–Trinajstić information content (AvgIpc) is 3.59. The first-order chi connectivity index (χ1) is 13.3. The van der Waals surface area contributed by atoms with Gasteiger partial charge in [0.1, 0.15) is 0 Å². The molecule has 5 nitrogen and oxygen atoms in total. The predicted molar refractivity (Wildman–Crippen MR) is 106 cm³/mol. The fourth-order valence-corrected chi connectivity index (χ4v) is 3.85. The SMILES string of the molecule is O=C(c1cc(C2CC2)nc2ccccc12)N1CCN(c2ccncc2)CC1. The van der Waals surface area contributed by atoms with Gasteiger partial charge in [-0.3, -0.25) is 14.8 Å². The molecule has 1 aliphatic carbocycles. The Balaban J connectivity index is 1.40. The molecule has 3 heterocycles. The highest BCUT2D eigenvalue weighted by Crippen LogP contribution is 2.40. The third-order valence-electron chi connectivity index (χ3n) is 5.56. The summed E-state index contributed by atoms with van der Waals surface area (Å²) in [5.74, 6) is 0.662. The maximum Gasteiger partial charge on any atom is 0.254 e. The molecule has 2 fully saturated rings. The van der Waals surface area contributed by atoms with E-state index in [9.17, 15) is 4.79 Å². The highest BCUT2D eigenvalue weighted by Gasteiger charge is 2.29. The van der Waals surface area contributed by atoms with Crippen LogP contribution in [0, 0.1) is 0 Å². The third kappa shape index (κ3) is 3.14. The highest BCUT2D eigenvalue weighted by molar-refractivity contribution is 6.06. The zero-order chi connectivity index (χ0) is 18.2. The van der Waals surface area contributed by atoms with Crippen LogP contribution >= 0.6 is 0 Å². The van der Waals surface area contributed by atoms with Gasteiger partial charge in [-0.05, 0) is 37.1 Å². The monoisotopic (exact) mass is 358 g/mol. The number of hydrogen-bond acceptors (Lipinski definition) is 4. The molecular weight excluding hydrogens is 336 g/mol. The number of pyridine rings is 2. The van der Waals surface area contributed by atoms with Crippen molar-refractivity contribution in [2.75, 3.05) is 31.1 Å². The van der Waals surface area contributed by atoms with Crippen LogP contribution in [0.25, 0.3) is 10.9 Å². The van der Waals surface area contributed by atoms with E-state index in [-0.39, 0.29) is 5.91 Å². The standard InChI is InChI=1S/C22H22N4O/c27-22(26-13-11-25(12-14-26)17-7-9-23-10-8-17)19-15-21(16-5-6-16)24-20-4-2-1-3-18(19)20/h1-4,7-10,15-16H,5-6,11-14H2. The predicted octanol–water partition coefficient (Wildman–Crippen LogP) is 3.47. The molecule has 1 amide bonds. The molecular formula is C22H22N4O.